The third-order valence-corrected chi connectivity index (χ3v) is 4.66. The molecule has 0 aliphatic carbocycles. The second kappa shape index (κ2) is 5.03. The number of hydrogen-bond acceptors (Lipinski definition) is 9. The van der Waals surface area contributed by atoms with E-state index in [2.05, 4.69) is 25.5 Å². The highest BCUT2D eigenvalue weighted by Crippen LogP contribution is 2.30. The monoisotopic (exact) mass is 312 g/mol. The lowest BCUT2D eigenvalue weighted by molar-refractivity contribution is 0.0702. The molecule has 0 atom stereocenters. The molecule has 0 aromatic carbocycles. The molecule has 3 aromatic heterocycles. The van der Waals surface area contributed by atoms with Crippen molar-refractivity contribution in [2.45, 2.75) is 9.50 Å². The lowest BCUT2D eigenvalue weighted by atomic mass is 10.6. The van der Waals surface area contributed by atoms with E-state index in [4.69, 9.17) is 5.11 Å². The Hall–Kier alpha value is -1.85. The molecule has 11 heteroatoms. The van der Waals surface area contributed by atoms with Crippen LogP contribution in [-0.4, -0.2) is 41.3 Å². The van der Waals surface area contributed by atoms with E-state index in [1.54, 1.807) is 6.20 Å². The zero-order valence-electron chi connectivity index (χ0n) is 9.00. The number of tetrazole rings is 1. The van der Waals surface area contributed by atoms with Gasteiger partial charge in [0.15, 0.2) is 4.34 Å². The van der Waals surface area contributed by atoms with E-state index >= 15 is 0 Å². The zero-order valence-corrected chi connectivity index (χ0v) is 11.4. The van der Waals surface area contributed by atoms with E-state index in [9.17, 15) is 4.79 Å². The summed E-state index contributed by atoms with van der Waals surface area (Å²) in [5.74, 6) is -0.996. The van der Waals surface area contributed by atoms with Crippen molar-refractivity contribution in [3.8, 4) is 5.13 Å². The third-order valence-electron chi connectivity index (χ3n) is 1.92. The summed E-state index contributed by atoms with van der Waals surface area (Å²) in [5, 5.41) is 23.1. The predicted molar refractivity (Wildman–Crippen MR) is 68.0 cm³/mol. The van der Waals surface area contributed by atoms with E-state index in [0.29, 0.717) is 14.6 Å². The van der Waals surface area contributed by atoms with Crippen LogP contribution in [0.4, 0.5) is 0 Å². The maximum atomic E-state index is 10.8. The molecule has 0 saturated carbocycles. The van der Waals surface area contributed by atoms with Gasteiger partial charge in [-0.2, -0.15) is 4.68 Å². The Labute approximate surface area is 118 Å². The summed E-state index contributed by atoms with van der Waals surface area (Å²) >= 11 is 3.67. The van der Waals surface area contributed by atoms with E-state index in [1.165, 1.54) is 34.0 Å². The summed E-state index contributed by atoms with van der Waals surface area (Å²) in [5.41, 5.74) is 0. The van der Waals surface area contributed by atoms with Crippen LogP contribution in [0, 0.1) is 0 Å². The van der Waals surface area contributed by atoms with Gasteiger partial charge in [0.05, 0.1) is 6.20 Å². The molecule has 0 bridgehead atoms. The summed E-state index contributed by atoms with van der Waals surface area (Å²) in [7, 11) is 0. The van der Waals surface area contributed by atoms with Gasteiger partial charge in [-0.3, -0.25) is 0 Å². The second-order valence-electron chi connectivity index (χ2n) is 3.09. The van der Waals surface area contributed by atoms with Crippen LogP contribution in [0.2, 0.25) is 0 Å². The fourth-order valence-electron chi connectivity index (χ4n) is 1.17. The van der Waals surface area contributed by atoms with Crippen LogP contribution in [0.5, 0.6) is 0 Å². The minimum Gasteiger partial charge on any atom is -0.477 e. The minimum atomic E-state index is -0.996. The fourth-order valence-corrected chi connectivity index (χ4v) is 3.51. The molecule has 0 aliphatic rings. The molecule has 1 N–H and O–H groups in total. The summed E-state index contributed by atoms with van der Waals surface area (Å²) in [6, 6.07) is 0. The lowest BCUT2D eigenvalue weighted by Crippen LogP contribution is -1.97. The average molecular weight is 312 g/mol. The molecule has 0 fully saturated rings. The molecule has 8 nitrogen and oxygen atoms in total. The third kappa shape index (κ3) is 2.47. The van der Waals surface area contributed by atoms with Crippen LogP contribution in [0.25, 0.3) is 5.13 Å². The molecule has 0 aliphatic heterocycles. The molecule has 0 unspecified atom stereocenters. The molecule has 96 valence electrons. The standard InChI is InChI=1S/C8H4N6O2S3/c15-5(16)4-3-10-8(18-4)19-7-11-12-13-14(7)6-9-1-2-17-6/h1-3H,(H,15,16). The number of carboxylic acids is 1. The Morgan fingerprint density at radius 1 is 1.42 bits per heavy atom. The van der Waals surface area contributed by atoms with Gasteiger partial charge in [-0.25, -0.2) is 14.8 Å². The molecule has 0 amide bonds. The Morgan fingerprint density at radius 2 is 2.32 bits per heavy atom. The first kappa shape index (κ1) is 12.2. The fraction of sp³-hybridized carbons (Fsp3) is 0. The first-order valence-electron chi connectivity index (χ1n) is 4.79. The van der Waals surface area contributed by atoms with Gasteiger partial charge < -0.3 is 5.11 Å². The number of hydrogen-bond donors (Lipinski definition) is 1. The highest BCUT2D eigenvalue weighted by molar-refractivity contribution is 8.00. The van der Waals surface area contributed by atoms with Gasteiger partial charge in [0.2, 0.25) is 10.3 Å². The average Bonchev–Trinajstić information content (AvgIpc) is 3.09. The first-order chi connectivity index (χ1) is 9.24. The number of aromatic nitrogens is 6. The lowest BCUT2D eigenvalue weighted by Gasteiger charge is -1.96. The summed E-state index contributed by atoms with van der Waals surface area (Å²) in [6.45, 7) is 0. The number of carbonyl (C=O) groups is 1. The van der Waals surface area contributed by atoms with Crippen molar-refractivity contribution in [1.29, 1.82) is 0 Å². The maximum absolute atomic E-state index is 10.8. The van der Waals surface area contributed by atoms with Crippen molar-refractivity contribution in [2.24, 2.45) is 0 Å². The van der Waals surface area contributed by atoms with Crippen LogP contribution >= 0.6 is 34.4 Å². The number of nitrogens with zero attached hydrogens (tertiary/aromatic N) is 6. The Kier molecular flexibility index (Phi) is 3.23. The van der Waals surface area contributed by atoms with Crippen molar-refractivity contribution in [3.63, 3.8) is 0 Å². The number of carboxylic acid groups (broad SMARTS) is 1. The highest BCUT2D eigenvalue weighted by Gasteiger charge is 2.15. The minimum absolute atomic E-state index is 0.177. The summed E-state index contributed by atoms with van der Waals surface area (Å²) in [6.07, 6.45) is 2.97. The summed E-state index contributed by atoms with van der Waals surface area (Å²) < 4.78 is 2.04. The van der Waals surface area contributed by atoms with E-state index in [1.807, 2.05) is 5.38 Å². The van der Waals surface area contributed by atoms with Crippen molar-refractivity contribution in [1.82, 2.24) is 30.2 Å². The number of aromatic carboxylic acids is 1. The number of rotatable bonds is 4. The molecule has 0 spiro atoms. The van der Waals surface area contributed by atoms with Gasteiger partial charge in [-0.05, 0) is 22.2 Å². The van der Waals surface area contributed by atoms with Crippen LogP contribution in [0.1, 0.15) is 9.67 Å². The van der Waals surface area contributed by atoms with Gasteiger partial charge in [0, 0.05) is 11.6 Å². The van der Waals surface area contributed by atoms with Crippen LogP contribution < -0.4 is 0 Å². The van der Waals surface area contributed by atoms with Gasteiger partial charge in [0.1, 0.15) is 4.88 Å². The molecular formula is C8H4N6O2S3. The molecule has 19 heavy (non-hydrogen) atoms. The smallest absolute Gasteiger partial charge is 0.347 e. The first-order valence-corrected chi connectivity index (χ1v) is 7.30. The van der Waals surface area contributed by atoms with Crippen molar-refractivity contribution >= 4 is 40.4 Å². The SMILES string of the molecule is O=C(O)c1cnc(Sc2nnnn2-c2nccs2)s1. The maximum Gasteiger partial charge on any atom is 0.347 e. The summed E-state index contributed by atoms with van der Waals surface area (Å²) in [4.78, 5) is 19.1. The Balaban J connectivity index is 1.87. The highest BCUT2D eigenvalue weighted by atomic mass is 32.2. The predicted octanol–water partition coefficient (Wildman–Crippen LogP) is 1.42. The molecule has 3 rings (SSSR count). The molecular weight excluding hydrogens is 308 g/mol. The zero-order chi connectivity index (χ0) is 13.2. The van der Waals surface area contributed by atoms with Gasteiger partial charge in [0.25, 0.3) is 0 Å². The van der Waals surface area contributed by atoms with Crippen molar-refractivity contribution in [2.75, 3.05) is 0 Å². The normalized spacial score (nSPS) is 10.7. The number of thiazole rings is 2. The Morgan fingerprint density at radius 3 is 3.00 bits per heavy atom. The topological polar surface area (TPSA) is 107 Å². The van der Waals surface area contributed by atoms with Crippen LogP contribution in [-0.2, 0) is 0 Å². The quantitative estimate of drug-likeness (QED) is 0.771. The van der Waals surface area contributed by atoms with Crippen molar-refractivity contribution in [3.05, 3.63) is 22.7 Å². The molecule has 0 saturated heterocycles. The molecule has 0 radical (unpaired) electrons. The van der Waals surface area contributed by atoms with Crippen LogP contribution in [0.15, 0.2) is 27.3 Å². The molecule has 3 aromatic rings. The van der Waals surface area contributed by atoms with Crippen LogP contribution in [0.3, 0.4) is 0 Å². The van der Waals surface area contributed by atoms with E-state index in [-0.39, 0.29) is 4.88 Å². The van der Waals surface area contributed by atoms with Gasteiger partial charge in [-0.1, -0.05) is 0 Å². The van der Waals surface area contributed by atoms with Gasteiger partial charge >= 0.3 is 5.97 Å². The van der Waals surface area contributed by atoms with E-state index < -0.39 is 5.97 Å². The van der Waals surface area contributed by atoms with Crippen molar-refractivity contribution < 1.29 is 9.90 Å². The second-order valence-corrected chi connectivity index (χ2v) is 6.20. The van der Waals surface area contributed by atoms with Gasteiger partial charge in [-0.15, -0.1) is 27.8 Å². The molecule has 3 heterocycles. The largest absolute Gasteiger partial charge is 0.477 e. The Bertz CT molecular complexity index is 706. The van der Waals surface area contributed by atoms with E-state index in [0.717, 1.165) is 11.3 Å².